The molecule has 1 fully saturated rings. The summed E-state index contributed by atoms with van der Waals surface area (Å²) in [5.41, 5.74) is 0.305. The first kappa shape index (κ1) is 14.8. The predicted octanol–water partition coefficient (Wildman–Crippen LogP) is 2.65. The van der Waals surface area contributed by atoms with Crippen molar-refractivity contribution in [3.63, 3.8) is 0 Å². The highest BCUT2D eigenvalue weighted by molar-refractivity contribution is 5.70. The zero-order chi connectivity index (χ0) is 14.9. The number of carboxylic acids is 1. The highest BCUT2D eigenvalue weighted by Crippen LogP contribution is 2.24. The first-order chi connectivity index (χ1) is 9.36. The van der Waals surface area contributed by atoms with Crippen LogP contribution in [0.15, 0.2) is 12.1 Å². The molecule has 2 rings (SSSR count). The second kappa shape index (κ2) is 5.83. The van der Waals surface area contributed by atoms with Gasteiger partial charge in [0.15, 0.2) is 17.5 Å². The Morgan fingerprint density at radius 1 is 1.30 bits per heavy atom. The Labute approximate surface area is 115 Å². The van der Waals surface area contributed by atoms with Gasteiger partial charge in [-0.2, -0.15) is 0 Å². The molecular formula is C14H16F3NO2. The Morgan fingerprint density at radius 3 is 2.45 bits per heavy atom. The van der Waals surface area contributed by atoms with Crippen molar-refractivity contribution in [2.24, 2.45) is 11.8 Å². The number of rotatable bonds is 3. The van der Waals surface area contributed by atoms with Gasteiger partial charge in [-0.25, -0.2) is 13.2 Å². The van der Waals surface area contributed by atoms with E-state index in [1.807, 2.05) is 11.8 Å². The van der Waals surface area contributed by atoms with E-state index >= 15 is 0 Å². The molecule has 0 saturated carbocycles. The number of likely N-dealkylation sites (tertiary alicyclic amines) is 1. The zero-order valence-electron chi connectivity index (χ0n) is 11.1. The topological polar surface area (TPSA) is 40.5 Å². The molecule has 0 amide bonds. The summed E-state index contributed by atoms with van der Waals surface area (Å²) in [6.07, 6.45) is 0.595. The molecule has 0 spiro atoms. The third kappa shape index (κ3) is 3.30. The minimum atomic E-state index is -1.48. The second-order valence-corrected chi connectivity index (χ2v) is 5.44. The number of hydrogen-bond acceptors (Lipinski definition) is 2. The van der Waals surface area contributed by atoms with Gasteiger partial charge in [0, 0.05) is 19.6 Å². The predicted molar refractivity (Wildman–Crippen MR) is 66.5 cm³/mol. The van der Waals surface area contributed by atoms with Gasteiger partial charge in [-0.05, 0) is 30.0 Å². The van der Waals surface area contributed by atoms with Crippen LogP contribution in [0.5, 0.6) is 0 Å². The third-order valence-corrected chi connectivity index (χ3v) is 3.53. The molecule has 3 nitrogen and oxygen atoms in total. The Hall–Kier alpha value is -1.56. The third-order valence-electron chi connectivity index (χ3n) is 3.53. The number of carbonyl (C=O) groups is 1. The minimum absolute atomic E-state index is 0.194. The minimum Gasteiger partial charge on any atom is -0.481 e. The van der Waals surface area contributed by atoms with Crippen LogP contribution in [0.4, 0.5) is 13.2 Å². The number of nitrogens with zero attached hydrogens (tertiary/aromatic N) is 1. The van der Waals surface area contributed by atoms with Crippen molar-refractivity contribution in [2.75, 3.05) is 13.1 Å². The largest absolute Gasteiger partial charge is 0.481 e. The second-order valence-electron chi connectivity index (χ2n) is 5.44. The Balaban J connectivity index is 2.11. The molecule has 1 aliphatic heterocycles. The summed E-state index contributed by atoms with van der Waals surface area (Å²) >= 11 is 0. The Bertz CT molecular complexity index is 498. The van der Waals surface area contributed by atoms with Gasteiger partial charge in [0.2, 0.25) is 0 Å². The van der Waals surface area contributed by atoms with Crippen LogP contribution in [0.25, 0.3) is 0 Å². The SMILES string of the molecule is CC1CC(C(=O)O)CN(Cc2cc(F)c(F)c(F)c2)C1. The Morgan fingerprint density at radius 2 is 1.90 bits per heavy atom. The van der Waals surface area contributed by atoms with Gasteiger partial charge >= 0.3 is 5.97 Å². The molecule has 2 atom stereocenters. The van der Waals surface area contributed by atoms with E-state index in [9.17, 15) is 18.0 Å². The van der Waals surface area contributed by atoms with Crippen molar-refractivity contribution in [1.29, 1.82) is 0 Å². The van der Waals surface area contributed by atoms with Crippen molar-refractivity contribution in [3.05, 3.63) is 35.1 Å². The summed E-state index contributed by atoms with van der Waals surface area (Å²) in [6, 6.07) is 1.90. The van der Waals surface area contributed by atoms with E-state index in [0.717, 1.165) is 12.1 Å². The fourth-order valence-electron chi connectivity index (χ4n) is 2.73. The number of carboxylic acid groups (broad SMARTS) is 1. The molecule has 1 saturated heterocycles. The summed E-state index contributed by atoms with van der Waals surface area (Å²) < 4.78 is 39.2. The lowest BCUT2D eigenvalue weighted by molar-refractivity contribution is -0.144. The number of aliphatic carboxylic acids is 1. The molecule has 20 heavy (non-hydrogen) atoms. The van der Waals surface area contributed by atoms with Crippen LogP contribution in [0.1, 0.15) is 18.9 Å². The lowest BCUT2D eigenvalue weighted by atomic mass is 9.90. The smallest absolute Gasteiger partial charge is 0.307 e. The maximum absolute atomic E-state index is 13.1. The highest BCUT2D eigenvalue weighted by atomic mass is 19.2. The maximum atomic E-state index is 13.1. The van der Waals surface area contributed by atoms with Crippen LogP contribution in [-0.4, -0.2) is 29.1 Å². The molecule has 0 aromatic heterocycles. The van der Waals surface area contributed by atoms with Crippen LogP contribution < -0.4 is 0 Å². The molecule has 1 aromatic carbocycles. The van der Waals surface area contributed by atoms with Crippen molar-refractivity contribution < 1.29 is 23.1 Å². The van der Waals surface area contributed by atoms with Gasteiger partial charge in [-0.15, -0.1) is 0 Å². The molecular weight excluding hydrogens is 271 g/mol. The van der Waals surface area contributed by atoms with E-state index in [0.29, 0.717) is 25.1 Å². The van der Waals surface area contributed by atoms with Crippen molar-refractivity contribution in [2.45, 2.75) is 19.9 Å². The monoisotopic (exact) mass is 287 g/mol. The van der Waals surface area contributed by atoms with Crippen molar-refractivity contribution in [1.82, 2.24) is 4.90 Å². The van der Waals surface area contributed by atoms with Crippen molar-refractivity contribution in [3.8, 4) is 0 Å². The van der Waals surface area contributed by atoms with Crippen LogP contribution in [0, 0.1) is 29.3 Å². The molecule has 1 aromatic rings. The quantitative estimate of drug-likeness (QED) is 0.869. The van der Waals surface area contributed by atoms with E-state index in [-0.39, 0.29) is 12.5 Å². The zero-order valence-corrected chi connectivity index (χ0v) is 11.1. The Kier molecular flexibility index (Phi) is 4.32. The van der Waals surface area contributed by atoms with E-state index in [1.54, 1.807) is 0 Å². The molecule has 0 radical (unpaired) electrons. The van der Waals surface area contributed by atoms with Crippen molar-refractivity contribution >= 4 is 5.97 Å². The number of hydrogen-bond donors (Lipinski definition) is 1. The van der Waals surface area contributed by atoms with E-state index in [4.69, 9.17) is 5.11 Å². The molecule has 1 N–H and O–H groups in total. The standard InChI is InChI=1S/C14H16F3NO2/c1-8-2-10(14(19)20)7-18(5-8)6-9-3-11(15)13(17)12(16)4-9/h3-4,8,10H,2,5-7H2,1H3,(H,19,20). The van der Waals surface area contributed by atoms with Gasteiger partial charge in [0.25, 0.3) is 0 Å². The summed E-state index contributed by atoms with van der Waals surface area (Å²) in [4.78, 5) is 12.9. The summed E-state index contributed by atoms with van der Waals surface area (Å²) in [5, 5.41) is 9.07. The summed E-state index contributed by atoms with van der Waals surface area (Å²) in [6.45, 7) is 3.14. The van der Waals surface area contributed by atoms with Crippen LogP contribution in [0.3, 0.4) is 0 Å². The molecule has 1 aliphatic rings. The van der Waals surface area contributed by atoms with Gasteiger partial charge in [-0.3, -0.25) is 9.69 Å². The molecule has 0 aliphatic carbocycles. The summed E-state index contributed by atoms with van der Waals surface area (Å²) in [7, 11) is 0. The highest BCUT2D eigenvalue weighted by Gasteiger charge is 2.29. The van der Waals surface area contributed by atoms with Gasteiger partial charge < -0.3 is 5.11 Å². The number of halogens is 3. The molecule has 110 valence electrons. The van der Waals surface area contributed by atoms with Crippen LogP contribution in [-0.2, 0) is 11.3 Å². The fraction of sp³-hybridized carbons (Fsp3) is 0.500. The van der Waals surface area contributed by atoms with Gasteiger partial charge in [-0.1, -0.05) is 6.92 Å². The molecule has 1 heterocycles. The van der Waals surface area contributed by atoms with E-state index in [1.165, 1.54) is 0 Å². The van der Waals surface area contributed by atoms with E-state index < -0.39 is 29.3 Å². The summed E-state index contributed by atoms with van der Waals surface area (Å²) in [5.74, 6) is -5.07. The first-order valence-electron chi connectivity index (χ1n) is 6.45. The lowest BCUT2D eigenvalue weighted by Gasteiger charge is -2.34. The van der Waals surface area contributed by atoms with Gasteiger partial charge in [0.05, 0.1) is 5.92 Å². The average molecular weight is 287 g/mol. The molecule has 2 unspecified atom stereocenters. The molecule has 0 bridgehead atoms. The van der Waals surface area contributed by atoms with Gasteiger partial charge in [0.1, 0.15) is 0 Å². The number of benzene rings is 1. The average Bonchev–Trinajstić information content (AvgIpc) is 2.35. The number of piperidine rings is 1. The normalized spacial score (nSPS) is 23.8. The molecule has 6 heteroatoms. The first-order valence-corrected chi connectivity index (χ1v) is 6.45. The lowest BCUT2D eigenvalue weighted by Crippen LogP contribution is -2.42. The van der Waals surface area contributed by atoms with Crippen LogP contribution >= 0.6 is 0 Å². The van der Waals surface area contributed by atoms with Crippen LogP contribution in [0.2, 0.25) is 0 Å². The fourth-order valence-corrected chi connectivity index (χ4v) is 2.73. The van der Waals surface area contributed by atoms with E-state index in [2.05, 4.69) is 0 Å². The maximum Gasteiger partial charge on any atom is 0.307 e.